The highest BCUT2D eigenvalue weighted by atomic mass is 79.9. The Hall–Kier alpha value is -0.870. The van der Waals surface area contributed by atoms with E-state index in [0.29, 0.717) is 6.61 Å². The summed E-state index contributed by atoms with van der Waals surface area (Å²) in [4.78, 5) is 5.17. The van der Waals surface area contributed by atoms with Crippen LogP contribution >= 0.6 is 27.3 Å². The second-order valence-electron chi connectivity index (χ2n) is 2.71. The lowest BCUT2D eigenvalue weighted by Crippen LogP contribution is -1.92. The van der Waals surface area contributed by atoms with Gasteiger partial charge in [0.1, 0.15) is 12.4 Å². The summed E-state index contributed by atoms with van der Waals surface area (Å²) in [7, 11) is 0. The van der Waals surface area contributed by atoms with E-state index in [2.05, 4.69) is 27.0 Å². The van der Waals surface area contributed by atoms with Crippen LogP contribution in [0.25, 0.3) is 0 Å². The van der Waals surface area contributed by atoms with Gasteiger partial charge in [-0.3, -0.25) is 4.98 Å². The molecular formula is C10H8BrNOS. The number of pyridine rings is 1. The minimum Gasteiger partial charge on any atom is -0.486 e. The van der Waals surface area contributed by atoms with Crippen molar-refractivity contribution in [3.05, 3.63) is 45.3 Å². The Labute approximate surface area is 94.7 Å². The van der Waals surface area contributed by atoms with Crippen LogP contribution in [0, 0.1) is 0 Å². The Kier molecular flexibility index (Phi) is 3.16. The molecule has 0 saturated heterocycles. The summed E-state index contributed by atoms with van der Waals surface area (Å²) in [5, 5.41) is 2.04. The molecule has 0 bridgehead atoms. The van der Waals surface area contributed by atoms with Crippen LogP contribution in [0.5, 0.6) is 5.75 Å². The fraction of sp³-hybridized carbons (Fsp3) is 0.100. The topological polar surface area (TPSA) is 22.1 Å². The van der Waals surface area contributed by atoms with Gasteiger partial charge in [0.2, 0.25) is 0 Å². The number of halogens is 1. The van der Waals surface area contributed by atoms with Gasteiger partial charge < -0.3 is 4.74 Å². The zero-order chi connectivity index (χ0) is 9.80. The summed E-state index contributed by atoms with van der Waals surface area (Å²) in [5.74, 6) is 0.803. The van der Waals surface area contributed by atoms with Crippen LogP contribution in [-0.2, 0) is 6.61 Å². The van der Waals surface area contributed by atoms with Gasteiger partial charge in [0.25, 0.3) is 0 Å². The van der Waals surface area contributed by atoms with E-state index in [0.717, 1.165) is 10.2 Å². The van der Waals surface area contributed by atoms with E-state index >= 15 is 0 Å². The molecule has 0 aliphatic rings. The van der Waals surface area contributed by atoms with E-state index in [1.54, 1.807) is 23.7 Å². The van der Waals surface area contributed by atoms with E-state index in [9.17, 15) is 0 Å². The quantitative estimate of drug-likeness (QED) is 0.851. The zero-order valence-corrected chi connectivity index (χ0v) is 9.72. The first-order chi connectivity index (χ1) is 6.84. The molecule has 0 aliphatic carbocycles. The van der Waals surface area contributed by atoms with Crippen molar-refractivity contribution in [2.24, 2.45) is 0 Å². The van der Waals surface area contributed by atoms with Gasteiger partial charge in [-0.2, -0.15) is 0 Å². The van der Waals surface area contributed by atoms with Gasteiger partial charge in [0.15, 0.2) is 0 Å². The minimum absolute atomic E-state index is 0.599. The van der Waals surface area contributed by atoms with Crippen LogP contribution in [0.2, 0.25) is 0 Å². The van der Waals surface area contributed by atoms with E-state index in [4.69, 9.17) is 4.74 Å². The highest BCUT2D eigenvalue weighted by Gasteiger charge is 1.98. The molecule has 0 aliphatic heterocycles. The van der Waals surface area contributed by atoms with Crippen molar-refractivity contribution in [3.63, 3.8) is 0 Å². The van der Waals surface area contributed by atoms with Crippen LogP contribution in [0.3, 0.4) is 0 Å². The molecule has 0 fully saturated rings. The Bertz CT molecular complexity index is 402. The summed E-state index contributed by atoms with van der Waals surface area (Å²) in [6, 6.07) is 5.82. The van der Waals surface area contributed by atoms with Crippen molar-refractivity contribution >= 4 is 27.3 Å². The lowest BCUT2D eigenvalue weighted by atomic mass is 10.4. The second-order valence-corrected chi connectivity index (χ2v) is 4.62. The number of nitrogens with zero attached hydrogens (tertiary/aromatic N) is 1. The SMILES string of the molecule is Brc1csc(COc2cccnc2)c1. The third kappa shape index (κ3) is 2.56. The molecule has 0 amide bonds. The monoisotopic (exact) mass is 269 g/mol. The summed E-state index contributed by atoms with van der Waals surface area (Å²) in [5.41, 5.74) is 0. The number of ether oxygens (including phenoxy) is 1. The Morgan fingerprint density at radius 3 is 3.07 bits per heavy atom. The molecule has 0 unspecified atom stereocenters. The maximum absolute atomic E-state index is 5.53. The first-order valence-electron chi connectivity index (χ1n) is 4.10. The molecule has 72 valence electrons. The van der Waals surface area contributed by atoms with E-state index in [1.165, 1.54) is 4.88 Å². The number of rotatable bonds is 3. The molecule has 2 rings (SSSR count). The first-order valence-corrected chi connectivity index (χ1v) is 5.77. The Morgan fingerprint density at radius 1 is 1.50 bits per heavy atom. The number of hydrogen-bond acceptors (Lipinski definition) is 3. The first kappa shape index (κ1) is 9.68. The number of thiophene rings is 1. The molecule has 0 saturated carbocycles. The van der Waals surface area contributed by atoms with Crippen molar-refractivity contribution < 1.29 is 4.74 Å². The maximum Gasteiger partial charge on any atom is 0.138 e. The molecule has 2 aromatic rings. The van der Waals surface area contributed by atoms with Gasteiger partial charge in [-0.05, 0) is 34.1 Å². The molecule has 0 spiro atoms. The molecule has 4 heteroatoms. The zero-order valence-electron chi connectivity index (χ0n) is 7.31. The molecule has 2 heterocycles. The van der Waals surface area contributed by atoms with Gasteiger partial charge in [-0.15, -0.1) is 11.3 Å². The smallest absolute Gasteiger partial charge is 0.138 e. The maximum atomic E-state index is 5.53. The number of aromatic nitrogens is 1. The highest BCUT2D eigenvalue weighted by molar-refractivity contribution is 9.10. The molecule has 0 aromatic carbocycles. The average molecular weight is 270 g/mol. The lowest BCUT2D eigenvalue weighted by Gasteiger charge is -2.02. The molecule has 0 radical (unpaired) electrons. The predicted molar refractivity (Wildman–Crippen MR) is 60.6 cm³/mol. The van der Waals surface area contributed by atoms with Crippen molar-refractivity contribution in [2.75, 3.05) is 0 Å². The highest BCUT2D eigenvalue weighted by Crippen LogP contribution is 2.21. The molecule has 0 N–H and O–H groups in total. The van der Waals surface area contributed by atoms with Crippen molar-refractivity contribution in [1.29, 1.82) is 0 Å². The molecule has 0 atom stereocenters. The summed E-state index contributed by atoms with van der Waals surface area (Å²) in [6.07, 6.45) is 3.44. The predicted octanol–water partition coefficient (Wildman–Crippen LogP) is 3.48. The fourth-order valence-corrected chi connectivity index (χ4v) is 2.38. The van der Waals surface area contributed by atoms with Crippen molar-refractivity contribution in [2.45, 2.75) is 6.61 Å². The van der Waals surface area contributed by atoms with Crippen LogP contribution in [0.1, 0.15) is 4.88 Å². The molecule has 14 heavy (non-hydrogen) atoms. The van der Waals surface area contributed by atoms with Gasteiger partial charge in [-0.1, -0.05) is 0 Å². The Balaban J connectivity index is 1.95. The minimum atomic E-state index is 0.599. The largest absolute Gasteiger partial charge is 0.486 e. The summed E-state index contributed by atoms with van der Waals surface area (Å²) < 4.78 is 6.64. The van der Waals surface area contributed by atoms with Crippen LogP contribution in [0.15, 0.2) is 40.4 Å². The van der Waals surface area contributed by atoms with Crippen LogP contribution < -0.4 is 4.74 Å². The Morgan fingerprint density at radius 2 is 2.43 bits per heavy atom. The van der Waals surface area contributed by atoms with E-state index < -0.39 is 0 Å². The fourth-order valence-electron chi connectivity index (χ4n) is 1.02. The third-order valence-electron chi connectivity index (χ3n) is 1.64. The van der Waals surface area contributed by atoms with Gasteiger partial charge in [0.05, 0.1) is 6.20 Å². The van der Waals surface area contributed by atoms with Crippen LogP contribution in [0.4, 0.5) is 0 Å². The van der Waals surface area contributed by atoms with Crippen molar-refractivity contribution in [1.82, 2.24) is 4.98 Å². The summed E-state index contributed by atoms with van der Waals surface area (Å²) in [6.45, 7) is 0.599. The third-order valence-corrected chi connectivity index (χ3v) is 3.31. The van der Waals surface area contributed by atoms with Gasteiger partial charge >= 0.3 is 0 Å². The lowest BCUT2D eigenvalue weighted by molar-refractivity contribution is 0.308. The van der Waals surface area contributed by atoms with Gasteiger partial charge in [-0.25, -0.2) is 0 Å². The number of hydrogen-bond donors (Lipinski definition) is 0. The van der Waals surface area contributed by atoms with Crippen LogP contribution in [-0.4, -0.2) is 4.98 Å². The standard InChI is InChI=1S/C10H8BrNOS/c11-8-4-10(14-7-8)6-13-9-2-1-3-12-5-9/h1-5,7H,6H2. The van der Waals surface area contributed by atoms with E-state index in [-0.39, 0.29) is 0 Å². The van der Waals surface area contributed by atoms with Gasteiger partial charge in [0, 0.05) is 20.9 Å². The molecular weight excluding hydrogens is 262 g/mol. The molecule has 2 nitrogen and oxygen atoms in total. The molecule has 2 aromatic heterocycles. The summed E-state index contributed by atoms with van der Waals surface area (Å²) >= 11 is 5.08. The second kappa shape index (κ2) is 4.57. The average Bonchev–Trinajstić information content (AvgIpc) is 2.63. The normalized spacial score (nSPS) is 10.1. The van der Waals surface area contributed by atoms with E-state index in [1.807, 2.05) is 17.5 Å². The van der Waals surface area contributed by atoms with Crippen molar-refractivity contribution in [3.8, 4) is 5.75 Å².